The van der Waals surface area contributed by atoms with Gasteiger partial charge in [-0.3, -0.25) is 0 Å². The van der Waals surface area contributed by atoms with Crippen LogP contribution in [0.4, 0.5) is 0 Å². The smallest absolute Gasteiger partial charge is 0.192 e. The van der Waals surface area contributed by atoms with Crippen molar-refractivity contribution in [3.8, 4) is 0 Å². The summed E-state index contributed by atoms with van der Waals surface area (Å²) in [6, 6.07) is 0.670. The summed E-state index contributed by atoms with van der Waals surface area (Å²) in [5, 5.41) is 0.340. The Bertz CT molecular complexity index is 208. The van der Waals surface area contributed by atoms with Gasteiger partial charge in [-0.05, 0) is 38.6 Å². The summed E-state index contributed by atoms with van der Waals surface area (Å²) in [7, 11) is 2.76. The molecule has 0 aromatic rings. The van der Waals surface area contributed by atoms with Gasteiger partial charge in [0, 0.05) is 6.04 Å². The minimum atomic E-state index is -1.52. The van der Waals surface area contributed by atoms with Gasteiger partial charge >= 0.3 is 0 Å². The average Bonchev–Trinajstić information content (AvgIpc) is 2.63. The lowest BCUT2D eigenvalue weighted by molar-refractivity contribution is 0.232. The van der Waals surface area contributed by atoms with Crippen molar-refractivity contribution in [2.45, 2.75) is 57.5 Å². The van der Waals surface area contributed by atoms with Crippen molar-refractivity contribution in [3.05, 3.63) is 0 Å². The predicted molar refractivity (Wildman–Crippen MR) is 64.2 cm³/mol. The number of likely N-dealkylation sites (N-methyl/N-ethyl adjacent to an activating group) is 1. The molecular weight excluding hydrogens is 190 g/mol. The lowest BCUT2D eigenvalue weighted by atomic mass is 10.2. The van der Waals surface area contributed by atoms with Crippen LogP contribution in [0.25, 0.3) is 0 Å². The second-order valence-electron chi connectivity index (χ2n) is 6.18. The Morgan fingerprint density at radius 1 is 1.21 bits per heavy atom. The van der Waals surface area contributed by atoms with Gasteiger partial charge in [-0.2, -0.15) is 0 Å². The van der Waals surface area contributed by atoms with Gasteiger partial charge in [-0.15, -0.1) is 0 Å². The average molecular weight is 215 g/mol. The SMILES string of the molecule is CN(C)[C@@H]1C[C@H]1O[Si](C)(C)C(C)(C)C. The van der Waals surface area contributed by atoms with Crippen LogP contribution in [-0.2, 0) is 4.43 Å². The Morgan fingerprint density at radius 2 is 1.71 bits per heavy atom. The van der Waals surface area contributed by atoms with Gasteiger partial charge in [0.1, 0.15) is 0 Å². The molecule has 1 saturated carbocycles. The van der Waals surface area contributed by atoms with Crippen molar-refractivity contribution in [3.63, 3.8) is 0 Å². The van der Waals surface area contributed by atoms with Crippen LogP contribution in [0.5, 0.6) is 0 Å². The molecule has 0 aromatic heterocycles. The van der Waals surface area contributed by atoms with Gasteiger partial charge in [-0.25, -0.2) is 0 Å². The summed E-state index contributed by atoms with van der Waals surface area (Å²) < 4.78 is 6.28. The molecule has 1 aliphatic rings. The number of hydrogen-bond donors (Lipinski definition) is 0. The van der Waals surface area contributed by atoms with E-state index in [1.165, 1.54) is 6.42 Å². The van der Waals surface area contributed by atoms with Crippen molar-refractivity contribution in [1.82, 2.24) is 4.90 Å². The molecule has 0 N–H and O–H groups in total. The molecule has 0 saturated heterocycles. The van der Waals surface area contributed by atoms with Crippen LogP contribution in [0.1, 0.15) is 27.2 Å². The molecule has 0 spiro atoms. The first-order valence-corrected chi connectivity index (χ1v) is 8.40. The van der Waals surface area contributed by atoms with Crippen LogP contribution in [-0.4, -0.2) is 39.5 Å². The van der Waals surface area contributed by atoms with Crippen molar-refractivity contribution >= 4 is 8.32 Å². The molecule has 2 nitrogen and oxygen atoms in total. The molecule has 0 radical (unpaired) electrons. The van der Waals surface area contributed by atoms with Gasteiger partial charge in [-0.1, -0.05) is 20.8 Å². The minimum Gasteiger partial charge on any atom is -0.412 e. The van der Waals surface area contributed by atoms with Crippen LogP contribution in [0.15, 0.2) is 0 Å². The van der Waals surface area contributed by atoms with Gasteiger partial charge in [0.2, 0.25) is 0 Å². The zero-order chi connectivity index (χ0) is 11.1. The van der Waals surface area contributed by atoms with Crippen LogP contribution in [0.3, 0.4) is 0 Å². The highest BCUT2D eigenvalue weighted by Crippen LogP contribution is 2.42. The maximum atomic E-state index is 6.28. The predicted octanol–water partition coefficient (Wildman–Crippen LogP) is 2.71. The van der Waals surface area contributed by atoms with Crippen LogP contribution in [0, 0.1) is 0 Å². The molecule has 0 amide bonds. The Labute approximate surface area is 89.8 Å². The van der Waals surface area contributed by atoms with Crippen LogP contribution in [0.2, 0.25) is 18.1 Å². The molecule has 0 bridgehead atoms. The van der Waals surface area contributed by atoms with Gasteiger partial charge < -0.3 is 9.33 Å². The second-order valence-corrected chi connectivity index (χ2v) is 10.9. The van der Waals surface area contributed by atoms with E-state index in [9.17, 15) is 0 Å². The van der Waals surface area contributed by atoms with E-state index >= 15 is 0 Å². The fraction of sp³-hybridized carbons (Fsp3) is 1.00. The highest BCUT2D eigenvalue weighted by Gasteiger charge is 2.47. The Kier molecular flexibility index (Phi) is 3.15. The Balaban J connectivity index is 2.47. The number of hydrogen-bond acceptors (Lipinski definition) is 2. The minimum absolute atomic E-state index is 0.340. The van der Waals surface area contributed by atoms with Gasteiger partial charge in [0.05, 0.1) is 6.10 Å². The molecule has 84 valence electrons. The third-order valence-electron chi connectivity index (χ3n) is 3.62. The fourth-order valence-corrected chi connectivity index (χ4v) is 2.75. The zero-order valence-electron chi connectivity index (χ0n) is 10.7. The second kappa shape index (κ2) is 3.61. The summed E-state index contributed by atoms with van der Waals surface area (Å²) in [6.45, 7) is 11.6. The van der Waals surface area contributed by atoms with Crippen molar-refractivity contribution in [2.75, 3.05) is 14.1 Å². The first kappa shape index (κ1) is 12.2. The molecule has 0 aliphatic heterocycles. The Morgan fingerprint density at radius 3 is 2.00 bits per heavy atom. The zero-order valence-corrected chi connectivity index (χ0v) is 11.7. The molecule has 1 rings (SSSR count). The molecule has 14 heavy (non-hydrogen) atoms. The largest absolute Gasteiger partial charge is 0.412 e. The topological polar surface area (TPSA) is 12.5 Å². The van der Waals surface area contributed by atoms with E-state index in [0.29, 0.717) is 17.2 Å². The van der Waals surface area contributed by atoms with Crippen LogP contribution < -0.4 is 0 Å². The van der Waals surface area contributed by atoms with E-state index in [2.05, 4.69) is 52.9 Å². The molecule has 0 unspecified atom stereocenters. The van der Waals surface area contributed by atoms with E-state index in [-0.39, 0.29) is 0 Å². The standard InChI is InChI=1S/C11H25NOSi/c1-11(2,3)14(6,7)13-10-8-9(10)12(4)5/h9-10H,8H2,1-7H3/t9-,10-/m1/s1. The lowest BCUT2D eigenvalue weighted by Gasteiger charge is -2.36. The highest BCUT2D eigenvalue weighted by molar-refractivity contribution is 6.74. The van der Waals surface area contributed by atoms with Crippen molar-refractivity contribution in [1.29, 1.82) is 0 Å². The van der Waals surface area contributed by atoms with Crippen LogP contribution >= 0.6 is 0 Å². The van der Waals surface area contributed by atoms with E-state index in [0.717, 1.165) is 0 Å². The molecule has 0 aromatic carbocycles. The maximum Gasteiger partial charge on any atom is 0.192 e. The first-order valence-electron chi connectivity index (χ1n) is 5.49. The van der Waals surface area contributed by atoms with Gasteiger partial charge in [0.15, 0.2) is 8.32 Å². The molecule has 1 fully saturated rings. The van der Waals surface area contributed by atoms with Crippen molar-refractivity contribution in [2.24, 2.45) is 0 Å². The summed E-state index contributed by atoms with van der Waals surface area (Å²) in [5.41, 5.74) is 0. The molecule has 0 heterocycles. The normalized spacial score (nSPS) is 28.3. The third kappa shape index (κ3) is 2.58. The summed E-state index contributed by atoms with van der Waals surface area (Å²) in [6.07, 6.45) is 1.73. The molecule has 3 heteroatoms. The van der Waals surface area contributed by atoms with E-state index in [4.69, 9.17) is 4.43 Å². The molecule has 1 aliphatic carbocycles. The number of nitrogens with zero attached hydrogens (tertiary/aromatic N) is 1. The summed E-state index contributed by atoms with van der Waals surface area (Å²) in [5.74, 6) is 0. The lowest BCUT2D eigenvalue weighted by Crippen LogP contribution is -2.42. The highest BCUT2D eigenvalue weighted by atomic mass is 28.4. The molecule has 2 atom stereocenters. The van der Waals surface area contributed by atoms with E-state index < -0.39 is 8.32 Å². The quantitative estimate of drug-likeness (QED) is 0.671. The molecular formula is C11H25NOSi. The summed E-state index contributed by atoms with van der Waals surface area (Å²) in [4.78, 5) is 2.28. The first-order chi connectivity index (χ1) is 6.15. The maximum absolute atomic E-state index is 6.28. The monoisotopic (exact) mass is 215 g/mol. The van der Waals surface area contributed by atoms with Gasteiger partial charge in [0.25, 0.3) is 0 Å². The fourth-order valence-electron chi connectivity index (χ4n) is 1.38. The third-order valence-corrected chi connectivity index (χ3v) is 8.12. The van der Waals surface area contributed by atoms with E-state index in [1.54, 1.807) is 0 Å². The van der Waals surface area contributed by atoms with E-state index in [1.807, 2.05) is 0 Å². The Hall–Kier alpha value is 0.137. The van der Waals surface area contributed by atoms with Crippen molar-refractivity contribution < 1.29 is 4.43 Å². The number of rotatable bonds is 3. The summed E-state index contributed by atoms with van der Waals surface area (Å²) >= 11 is 0.